The van der Waals surface area contributed by atoms with Gasteiger partial charge in [-0.1, -0.05) is 59.6 Å². The molecular weight excluding hydrogens is 373 g/mol. The molecule has 0 heterocycles. The van der Waals surface area contributed by atoms with Crippen molar-refractivity contribution >= 4 is 51.5 Å². The maximum atomic E-state index is 12.2. The molecule has 3 aromatic carbocycles. The first kappa shape index (κ1) is 18.2. The molecule has 0 aliphatic heterocycles. The summed E-state index contributed by atoms with van der Waals surface area (Å²) in [5, 5.41) is 5.18. The minimum atomic E-state index is -0.577. The molecule has 6 heteroatoms. The lowest BCUT2D eigenvalue weighted by Gasteiger charge is -2.11. The van der Waals surface area contributed by atoms with Gasteiger partial charge < -0.3 is 10.1 Å². The molecule has 1 amide bonds. The quantitative estimate of drug-likeness (QED) is 0.621. The molecule has 3 aromatic rings. The number of amides is 1. The highest BCUT2D eigenvalue weighted by molar-refractivity contribution is 6.40. The zero-order valence-electron chi connectivity index (χ0n) is 13.9. The molecule has 0 atom stereocenters. The van der Waals surface area contributed by atoms with Crippen LogP contribution in [0.1, 0.15) is 15.9 Å². The smallest absolute Gasteiger partial charge is 0.338 e. The average Bonchev–Trinajstić information content (AvgIpc) is 2.66. The van der Waals surface area contributed by atoms with Crippen molar-refractivity contribution in [1.82, 2.24) is 0 Å². The lowest BCUT2D eigenvalue weighted by atomic mass is 10.1. The summed E-state index contributed by atoms with van der Waals surface area (Å²) in [6.45, 7) is 1.36. The minimum absolute atomic E-state index is 0.306. The number of ether oxygens (including phenoxy) is 1. The van der Waals surface area contributed by atoms with Gasteiger partial charge in [0.05, 0.1) is 21.3 Å². The van der Waals surface area contributed by atoms with Gasteiger partial charge in [-0.3, -0.25) is 4.79 Å². The van der Waals surface area contributed by atoms with Gasteiger partial charge in [0.2, 0.25) is 0 Å². The number of rotatable bonds is 4. The first-order valence-corrected chi connectivity index (χ1v) is 8.61. The van der Waals surface area contributed by atoms with Gasteiger partial charge in [0.1, 0.15) is 0 Å². The van der Waals surface area contributed by atoms with Crippen LogP contribution in [0.3, 0.4) is 0 Å². The Hall–Kier alpha value is -2.56. The first-order chi connectivity index (χ1) is 12.5. The van der Waals surface area contributed by atoms with E-state index in [9.17, 15) is 9.59 Å². The molecule has 0 saturated carbocycles. The van der Waals surface area contributed by atoms with Crippen LogP contribution in [0, 0.1) is 6.92 Å². The number of anilines is 1. The van der Waals surface area contributed by atoms with Crippen LogP contribution < -0.4 is 5.32 Å². The van der Waals surface area contributed by atoms with Crippen LogP contribution in [0.2, 0.25) is 10.0 Å². The van der Waals surface area contributed by atoms with Gasteiger partial charge in [0.15, 0.2) is 6.61 Å². The molecule has 0 radical (unpaired) electrons. The fourth-order valence-electron chi connectivity index (χ4n) is 2.48. The van der Waals surface area contributed by atoms with Crippen molar-refractivity contribution in [2.24, 2.45) is 0 Å². The van der Waals surface area contributed by atoms with Gasteiger partial charge in [-0.25, -0.2) is 4.79 Å². The van der Waals surface area contributed by atoms with E-state index in [1.54, 1.807) is 31.2 Å². The standard InChI is InChI=1S/C20H15Cl2NO3/c1-12-6-9-16(21)19(18(12)22)23-17(24)11-26-20(25)15-8-7-13-4-2-3-5-14(13)10-15/h2-10H,11H2,1H3,(H,23,24). The van der Waals surface area contributed by atoms with Crippen LogP contribution in [0.5, 0.6) is 0 Å². The third-order valence-electron chi connectivity index (χ3n) is 3.87. The number of carbonyl (C=O) groups is 2. The van der Waals surface area contributed by atoms with Crippen molar-refractivity contribution in [2.75, 3.05) is 11.9 Å². The number of halogens is 2. The predicted octanol–water partition coefficient (Wildman–Crippen LogP) is 5.25. The van der Waals surface area contributed by atoms with E-state index in [4.69, 9.17) is 27.9 Å². The molecule has 0 unspecified atom stereocenters. The van der Waals surface area contributed by atoms with Crippen LogP contribution in [0.25, 0.3) is 10.8 Å². The zero-order valence-corrected chi connectivity index (χ0v) is 15.4. The number of carbonyl (C=O) groups excluding carboxylic acids is 2. The van der Waals surface area contributed by atoms with Gasteiger partial charge >= 0.3 is 5.97 Å². The Morgan fingerprint density at radius 2 is 1.73 bits per heavy atom. The SMILES string of the molecule is Cc1ccc(Cl)c(NC(=O)COC(=O)c2ccc3ccccc3c2)c1Cl. The molecular formula is C20H15Cl2NO3. The van der Waals surface area contributed by atoms with Gasteiger partial charge in [-0.05, 0) is 41.5 Å². The number of fused-ring (bicyclic) bond motifs is 1. The van der Waals surface area contributed by atoms with Crippen molar-refractivity contribution in [3.05, 3.63) is 75.8 Å². The Bertz CT molecular complexity index is 1000. The number of aryl methyl sites for hydroxylation is 1. The molecule has 4 nitrogen and oxygen atoms in total. The normalized spacial score (nSPS) is 10.6. The lowest BCUT2D eigenvalue weighted by molar-refractivity contribution is -0.119. The predicted molar refractivity (Wildman–Crippen MR) is 104 cm³/mol. The molecule has 26 heavy (non-hydrogen) atoms. The van der Waals surface area contributed by atoms with E-state index in [0.717, 1.165) is 16.3 Å². The van der Waals surface area contributed by atoms with Crippen LogP contribution in [0.4, 0.5) is 5.69 Å². The third kappa shape index (κ3) is 3.98. The Kier molecular flexibility index (Phi) is 5.45. The summed E-state index contributed by atoms with van der Waals surface area (Å²) in [6.07, 6.45) is 0. The molecule has 0 spiro atoms. The van der Waals surface area contributed by atoms with Crippen molar-refractivity contribution in [3.8, 4) is 0 Å². The summed E-state index contributed by atoms with van der Waals surface area (Å²) >= 11 is 12.2. The van der Waals surface area contributed by atoms with E-state index >= 15 is 0 Å². The fourth-order valence-corrected chi connectivity index (χ4v) is 2.94. The summed E-state index contributed by atoms with van der Waals surface area (Å²) in [7, 11) is 0. The first-order valence-electron chi connectivity index (χ1n) is 7.86. The maximum Gasteiger partial charge on any atom is 0.338 e. The minimum Gasteiger partial charge on any atom is -0.452 e. The van der Waals surface area contributed by atoms with Gasteiger partial charge in [0.25, 0.3) is 5.91 Å². The van der Waals surface area contributed by atoms with Gasteiger partial charge in [-0.15, -0.1) is 0 Å². The molecule has 3 rings (SSSR count). The highest BCUT2D eigenvalue weighted by atomic mass is 35.5. The van der Waals surface area contributed by atoms with Gasteiger partial charge in [0, 0.05) is 0 Å². The second kappa shape index (κ2) is 7.77. The molecule has 0 aliphatic carbocycles. The van der Waals surface area contributed by atoms with E-state index in [1.165, 1.54) is 0 Å². The molecule has 0 fully saturated rings. The second-order valence-electron chi connectivity index (χ2n) is 5.74. The molecule has 0 aliphatic rings. The summed E-state index contributed by atoms with van der Waals surface area (Å²) in [5.41, 5.74) is 1.46. The number of nitrogens with one attached hydrogen (secondary N) is 1. The molecule has 0 aromatic heterocycles. The van der Waals surface area contributed by atoms with Crippen LogP contribution in [-0.4, -0.2) is 18.5 Å². The van der Waals surface area contributed by atoms with Crippen LogP contribution in [-0.2, 0) is 9.53 Å². The summed E-state index contributed by atoms with van der Waals surface area (Å²) < 4.78 is 5.08. The Balaban J connectivity index is 1.65. The third-order valence-corrected chi connectivity index (χ3v) is 4.67. The van der Waals surface area contributed by atoms with Crippen molar-refractivity contribution in [2.45, 2.75) is 6.92 Å². The highest BCUT2D eigenvalue weighted by Gasteiger charge is 2.14. The topological polar surface area (TPSA) is 55.4 Å². The molecule has 0 bridgehead atoms. The summed E-state index contributed by atoms with van der Waals surface area (Å²) in [4.78, 5) is 24.2. The average molecular weight is 388 g/mol. The fraction of sp³-hybridized carbons (Fsp3) is 0.100. The van der Waals surface area contributed by atoms with E-state index in [-0.39, 0.29) is 0 Å². The number of esters is 1. The van der Waals surface area contributed by atoms with E-state index in [0.29, 0.717) is 21.3 Å². The Morgan fingerprint density at radius 3 is 2.50 bits per heavy atom. The summed E-state index contributed by atoms with van der Waals surface area (Å²) in [5.74, 6) is -1.10. The van der Waals surface area contributed by atoms with Crippen molar-refractivity contribution < 1.29 is 14.3 Å². The largest absolute Gasteiger partial charge is 0.452 e. The van der Waals surface area contributed by atoms with Crippen LogP contribution >= 0.6 is 23.2 Å². The monoisotopic (exact) mass is 387 g/mol. The maximum absolute atomic E-state index is 12.2. The van der Waals surface area contributed by atoms with Crippen molar-refractivity contribution in [3.63, 3.8) is 0 Å². The summed E-state index contributed by atoms with van der Waals surface area (Å²) in [6, 6.07) is 16.3. The molecule has 1 N–H and O–H groups in total. The lowest BCUT2D eigenvalue weighted by Crippen LogP contribution is -2.21. The van der Waals surface area contributed by atoms with Crippen LogP contribution in [0.15, 0.2) is 54.6 Å². The highest BCUT2D eigenvalue weighted by Crippen LogP contribution is 2.32. The van der Waals surface area contributed by atoms with E-state index in [1.807, 2.05) is 30.3 Å². The van der Waals surface area contributed by atoms with Gasteiger partial charge in [-0.2, -0.15) is 0 Å². The molecule has 132 valence electrons. The second-order valence-corrected chi connectivity index (χ2v) is 6.52. The Morgan fingerprint density at radius 1 is 1.00 bits per heavy atom. The number of hydrogen-bond donors (Lipinski definition) is 1. The zero-order chi connectivity index (χ0) is 18.7. The van der Waals surface area contributed by atoms with Crippen molar-refractivity contribution in [1.29, 1.82) is 0 Å². The Labute approximate surface area is 160 Å². The molecule has 0 saturated heterocycles. The number of hydrogen-bond acceptors (Lipinski definition) is 3. The van der Waals surface area contributed by atoms with E-state index in [2.05, 4.69) is 5.32 Å². The van der Waals surface area contributed by atoms with E-state index < -0.39 is 18.5 Å². The number of benzene rings is 3.